The molecule has 2 heterocycles. The maximum absolute atomic E-state index is 13.0. The van der Waals surface area contributed by atoms with Crippen molar-refractivity contribution in [1.82, 2.24) is 14.9 Å². The number of carbonyl (C=O) groups excluding carboxylic acids is 1. The predicted octanol–water partition coefficient (Wildman–Crippen LogP) is 0.127. The zero-order chi connectivity index (χ0) is 19.3. The van der Waals surface area contributed by atoms with Gasteiger partial charge in [0, 0.05) is 25.7 Å². The van der Waals surface area contributed by atoms with Gasteiger partial charge in [-0.25, -0.2) is 8.42 Å². The minimum atomic E-state index is -3.70. The molecule has 150 valence electrons. The van der Waals surface area contributed by atoms with E-state index in [2.05, 4.69) is 10.6 Å². The van der Waals surface area contributed by atoms with Crippen LogP contribution in [-0.4, -0.2) is 71.2 Å². The molecule has 0 saturated carbocycles. The average Bonchev–Trinajstić information content (AvgIpc) is 2.69. The Morgan fingerprint density at radius 2 is 2.15 bits per heavy atom. The van der Waals surface area contributed by atoms with Crippen molar-refractivity contribution in [3.8, 4) is 5.75 Å². The van der Waals surface area contributed by atoms with Crippen LogP contribution in [0, 0.1) is 0 Å². The number of piperidine rings is 1. The summed E-state index contributed by atoms with van der Waals surface area (Å²) in [6.45, 7) is 3.12. The van der Waals surface area contributed by atoms with E-state index in [1.165, 1.54) is 11.4 Å². The van der Waals surface area contributed by atoms with Crippen LogP contribution in [0.3, 0.4) is 0 Å². The number of benzene rings is 1. The van der Waals surface area contributed by atoms with Crippen molar-refractivity contribution in [2.24, 2.45) is 0 Å². The molecule has 0 bridgehead atoms. The quantitative estimate of drug-likeness (QED) is 0.708. The normalized spacial score (nSPS) is 21.6. The number of amides is 1. The van der Waals surface area contributed by atoms with Crippen molar-refractivity contribution in [3.05, 3.63) is 23.8 Å². The molecular weight excluding hydrogens is 370 g/mol. The molecule has 1 aromatic rings. The monoisotopic (exact) mass is 397 g/mol. The second kappa shape index (κ2) is 9.01. The van der Waals surface area contributed by atoms with E-state index in [-0.39, 0.29) is 29.0 Å². The molecule has 2 aliphatic rings. The first-order chi connectivity index (χ1) is 13.0. The maximum Gasteiger partial charge on any atom is 0.246 e. The van der Waals surface area contributed by atoms with Gasteiger partial charge in [0.25, 0.3) is 0 Å². The highest BCUT2D eigenvalue weighted by Gasteiger charge is 2.29. The van der Waals surface area contributed by atoms with Gasteiger partial charge < -0.3 is 20.1 Å². The lowest BCUT2D eigenvalue weighted by Crippen LogP contribution is -2.46. The Kier molecular flexibility index (Phi) is 6.69. The Balaban J connectivity index is 1.75. The van der Waals surface area contributed by atoms with Crippen LogP contribution in [0.2, 0.25) is 0 Å². The Bertz CT molecular complexity index is 756. The molecule has 0 unspecified atom stereocenters. The Morgan fingerprint density at radius 3 is 2.81 bits per heavy atom. The first kappa shape index (κ1) is 20.1. The molecule has 9 heteroatoms. The number of sulfonamides is 1. The van der Waals surface area contributed by atoms with E-state index in [1.54, 1.807) is 18.2 Å². The molecule has 8 nitrogen and oxygen atoms in total. The summed E-state index contributed by atoms with van der Waals surface area (Å²) in [5.74, 6) is 0.172. The van der Waals surface area contributed by atoms with Crippen molar-refractivity contribution in [2.75, 3.05) is 46.5 Å². The molecule has 1 atom stereocenters. The van der Waals surface area contributed by atoms with Crippen molar-refractivity contribution < 1.29 is 22.7 Å². The molecule has 0 spiro atoms. The van der Waals surface area contributed by atoms with Gasteiger partial charge in [0.2, 0.25) is 15.9 Å². The van der Waals surface area contributed by atoms with E-state index in [9.17, 15) is 13.2 Å². The Morgan fingerprint density at radius 1 is 1.37 bits per heavy atom. The second-order valence-electron chi connectivity index (χ2n) is 6.79. The molecule has 0 radical (unpaired) electrons. The van der Waals surface area contributed by atoms with Crippen molar-refractivity contribution in [1.29, 1.82) is 0 Å². The van der Waals surface area contributed by atoms with Gasteiger partial charge in [-0.05, 0) is 37.1 Å². The van der Waals surface area contributed by atoms with Gasteiger partial charge in [0.1, 0.15) is 10.6 Å². The number of rotatable bonds is 6. The van der Waals surface area contributed by atoms with Crippen molar-refractivity contribution >= 4 is 15.9 Å². The Labute approximate surface area is 160 Å². The highest BCUT2D eigenvalue weighted by atomic mass is 32.2. The summed E-state index contributed by atoms with van der Waals surface area (Å²) in [5.41, 5.74) is 0.643. The number of morpholine rings is 1. The van der Waals surface area contributed by atoms with Gasteiger partial charge in [0.15, 0.2) is 0 Å². The van der Waals surface area contributed by atoms with Gasteiger partial charge in [-0.3, -0.25) is 4.79 Å². The molecule has 2 fully saturated rings. The SMILES string of the molecule is COc1ccc(CC(=O)N[C@H]2CCCNC2)cc1S(=O)(=O)N1CCOCC1. The molecule has 1 amide bonds. The minimum Gasteiger partial charge on any atom is -0.495 e. The van der Waals surface area contributed by atoms with Gasteiger partial charge in [-0.15, -0.1) is 0 Å². The van der Waals surface area contributed by atoms with E-state index in [4.69, 9.17) is 9.47 Å². The van der Waals surface area contributed by atoms with E-state index in [0.717, 1.165) is 25.9 Å². The van der Waals surface area contributed by atoms with Gasteiger partial charge in [-0.1, -0.05) is 6.07 Å². The molecule has 2 saturated heterocycles. The molecule has 27 heavy (non-hydrogen) atoms. The molecular formula is C18H27N3O5S. The Hall–Kier alpha value is -1.68. The van der Waals surface area contributed by atoms with Crippen LogP contribution in [0.25, 0.3) is 0 Å². The van der Waals surface area contributed by atoms with Crippen LogP contribution in [0.1, 0.15) is 18.4 Å². The summed E-state index contributed by atoms with van der Waals surface area (Å²) in [7, 11) is -2.26. The average molecular weight is 397 g/mol. The van der Waals surface area contributed by atoms with Crippen LogP contribution in [0.15, 0.2) is 23.1 Å². The van der Waals surface area contributed by atoms with E-state index in [1.807, 2.05) is 0 Å². The fraction of sp³-hybridized carbons (Fsp3) is 0.611. The fourth-order valence-corrected chi connectivity index (χ4v) is 5.01. The zero-order valence-corrected chi connectivity index (χ0v) is 16.4. The third kappa shape index (κ3) is 4.98. The largest absolute Gasteiger partial charge is 0.495 e. The summed E-state index contributed by atoms with van der Waals surface area (Å²) in [6, 6.07) is 5.01. The van der Waals surface area contributed by atoms with Crippen LogP contribution in [0.5, 0.6) is 5.75 Å². The maximum atomic E-state index is 13.0. The lowest BCUT2D eigenvalue weighted by atomic mass is 10.1. The van der Waals surface area contributed by atoms with Crippen molar-refractivity contribution in [3.63, 3.8) is 0 Å². The third-order valence-electron chi connectivity index (χ3n) is 4.84. The topological polar surface area (TPSA) is 97.0 Å². The summed E-state index contributed by atoms with van der Waals surface area (Å²) in [4.78, 5) is 12.4. The first-order valence-corrected chi connectivity index (χ1v) is 10.7. The van der Waals surface area contributed by atoms with E-state index in [0.29, 0.717) is 31.9 Å². The molecule has 0 aromatic heterocycles. The summed E-state index contributed by atoms with van der Waals surface area (Å²) < 4.78 is 37.9. The highest BCUT2D eigenvalue weighted by Crippen LogP contribution is 2.28. The van der Waals surface area contributed by atoms with Gasteiger partial charge in [0.05, 0.1) is 26.7 Å². The number of ether oxygens (including phenoxy) is 2. The summed E-state index contributed by atoms with van der Waals surface area (Å²) >= 11 is 0. The van der Waals surface area contributed by atoms with E-state index >= 15 is 0 Å². The van der Waals surface area contributed by atoms with Gasteiger partial charge in [-0.2, -0.15) is 4.31 Å². The lowest BCUT2D eigenvalue weighted by molar-refractivity contribution is -0.121. The van der Waals surface area contributed by atoms with E-state index < -0.39 is 10.0 Å². The van der Waals surface area contributed by atoms with Gasteiger partial charge >= 0.3 is 0 Å². The van der Waals surface area contributed by atoms with Crippen molar-refractivity contribution in [2.45, 2.75) is 30.2 Å². The number of methoxy groups -OCH3 is 1. The molecule has 3 rings (SSSR count). The first-order valence-electron chi connectivity index (χ1n) is 9.25. The van der Waals surface area contributed by atoms with Crippen LogP contribution < -0.4 is 15.4 Å². The third-order valence-corrected chi connectivity index (χ3v) is 6.76. The summed E-state index contributed by atoms with van der Waals surface area (Å²) in [6.07, 6.45) is 2.12. The number of carbonyl (C=O) groups is 1. The summed E-state index contributed by atoms with van der Waals surface area (Å²) in [5, 5.41) is 6.27. The molecule has 0 aliphatic carbocycles. The lowest BCUT2D eigenvalue weighted by Gasteiger charge is -2.27. The minimum absolute atomic E-state index is 0.0940. The highest BCUT2D eigenvalue weighted by molar-refractivity contribution is 7.89. The predicted molar refractivity (Wildman–Crippen MR) is 100 cm³/mol. The molecule has 2 N–H and O–H groups in total. The zero-order valence-electron chi connectivity index (χ0n) is 15.6. The smallest absolute Gasteiger partial charge is 0.246 e. The number of nitrogens with one attached hydrogen (secondary N) is 2. The standard InChI is InChI=1S/C18H27N3O5S/c1-25-16-5-4-14(12-18(22)20-15-3-2-6-19-13-15)11-17(16)27(23,24)21-7-9-26-10-8-21/h4-5,11,15,19H,2-3,6-10,12-13H2,1H3,(H,20,22)/t15-/m0/s1. The number of hydrogen-bond donors (Lipinski definition) is 2. The van der Waals surface area contributed by atoms with Crippen LogP contribution in [0.4, 0.5) is 0 Å². The molecule has 2 aliphatic heterocycles. The number of hydrogen-bond acceptors (Lipinski definition) is 6. The number of nitrogens with zero attached hydrogens (tertiary/aromatic N) is 1. The van der Waals surface area contributed by atoms with Crippen LogP contribution >= 0.6 is 0 Å². The van der Waals surface area contributed by atoms with Crippen LogP contribution in [-0.2, 0) is 26.0 Å². The second-order valence-corrected chi connectivity index (χ2v) is 8.70. The fourth-order valence-electron chi connectivity index (χ4n) is 3.40. The molecule has 1 aromatic carbocycles.